The lowest BCUT2D eigenvalue weighted by atomic mass is 9.94. The molecule has 0 bridgehead atoms. The Hall–Kier alpha value is -2.76. The van der Waals surface area contributed by atoms with E-state index in [2.05, 4.69) is 65.2 Å². The molecule has 1 aromatic carbocycles. The van der Waals surface area contributed by atoms with Gasteiger partial charge in [-0.15, -0.1) is 10.2 Å². The summed E-state index contributed by atoms with van der Waals surface area (Å²) in [5, 5.41) is 11.5. The van der Waals surface area contributed by atoms with Gasteiger partial charge < -0.3 is 14.6 Å². The van der Waals surface area contributed by atoms with Crippen LogP contribution in [0.5, 0.6) is 0 Å². The second kappa shape index (κ2) is 12.9. The van der Waals surface area contributed by atoms with E-state index in [0.29, 0.717) is 30.7 Å². The molecule has 0 aliphatic carbocycles. The Morgan fingerprint density at radius 3 is 2.68 bits per heavy atom. The second-order valence-electron chi connectivity index (χ2n) is 10.5. The molecule has 38 heavy (non-hydrogen) atoms. The van der Waals surface area contributed by atoms with Crippen LogP contribution in [0.15, 0.2) is 39.2 Å². The molecule has 1 aliphatic heterocycles. The van der Waals surface area contributed by atoms with Gasteiger partial charge in [0.15, 0.2) is 4.34 Å². The molecule has 0 unspecified atom stereocenters. The zero-order valence-electron chi connectivity index (χ0n) is 22.5. The zero-order chi connectivity index (χ0) is 27.1. The molecular weight excluding hydrogens is 520 g/mol. The van der Waals surface area contributed by atoms with Crippen molar-refractivity contribution in [2.45, 2.75) is 69.0 Å². The fraction of sp³-hybridized carbons (Fsp3) is 0.519. The molecule has 1 saturated heterocycles. The van der Waals surface area contributed by atoms with E-state index in [0.717, 1.165) is 35.4 Å². The number of benzene rings is 1. The van der Waals surface area contributed by atoms with Crippen LogP contribution in [0.1, 0.15) is 62.8 Å². The highest BCUT2D eigenvalue weighted by molar-refractivity contribution is 8.00. The van der Waals surface area contributed by atoms with Gasteiger partial charge in [0.1, 0.15) is 5.76 Å². The standard InChI is InChI=1S/C27H36N6O3S2/c1-19-8-5-6-9-20(19)18-37-26-31-30-25(38-26)29-22(34)10-11-24(35)33-13-7-12-32(14-15-33)17-23-28-16-21(36-23)27(2,3)4/h5-6,8-9,16H,7,10-15,17-18H2,1-4H3,(H,29,30,34). The highest BCUT2D eigenvalue weighted by Crippen LogP contribution is 2.29. The third-order valence-corrected chi connectivity index (χ3v) is 8.44. The SMILES string of the molecule is Cc1ccccc1CSc1nnc(NC(=O)CCC(=O)N2CCCN(Cc3ncc(C(C)(C)C)o3)CC2)s1. The molecule has 3 heterocycles. The highest BCUT2D eigenvalue weighted by atomic mass is 32.2. The number of thioether (sulfide) groups is 1. The van der Waals surface area contributed by atoms with Crippen molar-refractivity contribution in [2.24, 2.45) is 0 Å². The number of carbonyl (C=O) groups excluding carboxylic acids is 2. The van der Waals surface area contributed by atoms with E-state index in [-0.39, 0.29) is 30.1 Å². The normalized spacial score (nSPS) is 14.9. The van der Waals surface area contributed by atoms with Crippen molar-refractivity contribution in [2.75, 3.05) is 31.5 Å². The summed E-state index contributed by atoms with van der Waals surface area (Å²) in [5.74, 6) is 2.16. The molecule has 2 aromatic heterocycles. The van der Waals surface area contributed by atoms with Crippen molar-refractivity contribution in [3.05, 3.63) is 53.2 Å². The van der Waals surface area contributed by atoms with E-state index in [1.807, 2.05) is 17.0 Å². The van der Waals surface area contributed by atoms with Crippen molar-refractivity contribution in [1.29, 1.82) is 0 Å². The van der Waals surface area contributed by atoms with E-state index >= 15 is 0 Å². The number of nitrogens with zero attached hydrogens (tertiary/aromatic N) is 5. The maximum Gasteiger partial charge on any atom is 0.226 e. The van der Waals surface area contributed by atoms with Gasteiger partial charge in [-0.05, 0) is 24.5 Å². The van der Waals surface area contributed by atoms with Crippen LogP contribution in [0.3, 0.4) is 0 Å². The minimum absolute atomic E-state index is 0.000110. The van der Waals surface area contributed by atoms with E-state index in [4.69, 9.17) is 4.42 Å². The van der Waals surface area contributed by atoms with Crippen molar-refractivity contribution in [3.8, 4) is 0 Å². The van der Waals surface area contributed by atoms with Crippen LogP contribution in [0.4, 0.5) is 5.13 Å². The van der Waals surface area contributed by atoms with Crippen LogP contribution in [0.25, 0.3) is 0 Å². The number of oxazole rings is 1. The van der Waals surface area contributed by atoms with E-state index in [1.54, 1.807) is 18.0 Å². The Labute approximate surface area is 232 Å². The number of rotatable bonds is 9. The van der Waals surface area contributed by atoms with Crippen LogP contribution >= 0.6 is 23.1 Å². The molecular formula is C27H36N6O3S2. The van der Waals surface area contributed by atoms with E-state index < -0.39 is 0 Å². The Morgan fingerprint density at radius 2 is 1.92 bits per heavy atom. The molecule has 11 heteroatoms. The van der Waals surface area contributed by atoms with E-state index in [9.17, 15) is 9.59 Å². The predicted octanol–water partition coefficient (Wildman–Crippen LogP) is 4.88. The first-order valence-corrected chi connectivity index (χ1v) is 14.7. The molecule has 9 nitrogen and oxygen atoms in total. The van der Waals surface area contributed by atoms with E-state index in [1.165, 1.54) is 22.5 Å². The Balaban J connectivity index is 1.18. The minimum Gasteiger partial charge on any atom is -0.444 e. The van der Waals surface area contributed by atoms with Gasteiger partial charge >= 0.3 is 0 Å². The fourth-order valence-electron chi connectivity index (χ4n) is 4.09. The Bertz CT molecular complexity index is 1240. The average molecular weight is 557 g/mol. The number of anilines is 1. The summed E-state index contributed by atoms with van der Waals surface area (Å²) < 4.78 is 6.73. The summed E-state index contributed by atoms with van der Waals surface area (Å²) in [6, 6.07) is 8.24. The molecule has 1 N–H and O–H groups in total. The topological polar surface area (TPSA) is 104 Å². The maximum absolute atomic E-state index is 12.8. The van der Waals surface area contributed by atoms with Crippen molar-refractivity contribution in [3.63, 3.8) is 0 Å². The molecule has 0 spiro atoms. The summed E-state index contributed by atoms with van der Waals surface area (Å²) in [6.45, 7) is 12.0. The third-order valence-electron chi connectivity index (χ3n) is 6.42. The number of nitrogens with one attached hydrogen (secondary N) is 1. The number of aryl methyl sites for hydroxylation is 1. The highest BCUT2D eigenvalue weighted by Gasteiger charge is 2.23. The Kier molecular flexibility index (Phi) is 9.56. The summed E-state index contributed by atoms with van der Waals surface area (Å²) in [4.78, 5) is 33.8. The van der Waals surface area contributed by atoms with Gasteiger partial charge in [0.2, 0.25) is 22.8 Å². The quantitative estimate of drug-likeness (QED) is 0.294. The molecule has 2 amide bonds. The molecule has 0 atom stereocenters. The van der Waals surface area contributed by atoms with Gasteiger partial charge in [-0.3, -0.25) is 14.5 Å². The summed E-state index contributed by atoms with van der Waals surface area (Å²) in [5.41, 5.74) is 2.42. The monoisotopic (exact) mass is 556 g/mol. The number of carbonyl (C=O) groups is 2. The van der Waals surface area contributed by atoms with Gasteiger partial charge in [0.25, 0.3) is 0 Å². The number of aromatic nitrogens is 3. The van der Waals surface area contributed by atoms with Gasteiger partial charge in [0, 0.05) is 50.2 Å². The first-order valence-electron chi connectivity index (χ1n) is 12.9. The first-order chi connectivity index (χ1) is 18.2. The smallest absolute Gasteiger partial charge is 0.226 e. The molecule has 0 radical (unpaired) electrons. The van der Waals surface area contributed by atoms with Crippen LogP contribution < -0.4 is 5.32 Å². The number of amides is 2. The zero-order valence-corrected chi connectivity index (χ0v) is 24.2. The molecule has 1 fully saturated rings. The number of hydrogen-bond donors (Lipinski definition) is 1. The maximum atomic E-state index is 12.8. The van der Waals surface area contributed by atoms with Crippen molar-refractivity contribution in [1.82, 2.24) is 25.0 Å². The molecule has 204 valence electrons. The van der Waals surface area contributed by atoms with Crippen LogP contribution in [-0.2, 0) is 27.3 Å². The first kappa shape index (κ1) is 28.3. The minimum atomic E-state index is -0.222. The van der Waals surface area contributed by atoms with Crippen molar-refractivity contribution < 1.29 is 14.0 Å². The fourth-order valence-corrected chi connectivity index (χ4v) is 5.93. The summed E-state index contributed by atoms with van der Waals surface area (Å²) in [7, 11) is 0. The lowest BCUT2D eigenvalue weighted by molar-refractivity contribution is -0.132. The Morgan fingerprint density at radius 1 is 1.11 bits per heavy atom. The molecule has 0 saturated carbocycles. The van der Waals surface area contributed by atoms with Gasteiger partial charge in [0.05, 0.1) is 12.7 Å². The lowest BCUT2D eigenvalue weighted by Crippen LogP contribution is -2.35. The number of hydrogen-bond acceptors (Lipinski definition) is 9. The summed E-state index contributed by atoms with van der Waals surface area (Å²) in [6.07, 6.45) is 2.98. The van der Waals surface area contributed by atoms with Gasteiger partial charge in [-0.1, -0.05) is 68.1 Å². The lowest BCUT2D eigenvalue weighted by Gasteiger charge is -2.21. The molecule has 1 aliphatic rings. The third kappa shape index (κ3) is 8.12. The van der Waals surface area contributed by atoms with Crippen LogP contribution in [0, 0.1) is 6.92 Å². The second-order valence-corrected chi connectivity index (χ2v) is 12.7. The largest absolute Gasteiger partial charge is 0.444 e. The van der Waals surface area contributed by atoms with Crippen molar-refractivity contribution >= 4 is 40.0 Å². The predicted molar refractivity (Wildman–Crippen MR) is 150 cm³/mol. The van der Waals surface area contributed by atoms with Crippen LogP contribution in [0.2, 0.25) is 0 Å². The molecule has 4 rings (SSSR count). The summed E-state index contributed by atoms with van der Waals surface area (Å²) >= 11 is 2.95. The average Bonchev–Trinajstić information content (AvgIpc) is 3.47. The molecule has 3 aromatic rings. The van der Waals surface area contributed by atoms with Crippen LogP contribution in [-0.4, -0.2) is 63.0 Å². The van der Waals surface area contributed by atoms with Gasteiger partial charge in [-0.2, -0.15) is 0 Å². The van der Waals surface area contributed by atoms with Gasteiger partial charge in [-0.25, -0.2) is 4.98 Å².